The molecule has 0 fully saturated rings. The van der Waals surface area contributed by atoms with E-state index in [4.69, 9.17) is 22.1 Å². The van der Waals surface area contributed by atoms with E-state index in [1.807, 2.05) is 31.2 Å². The van der Waals surface area contributed by atoms with Gasteiger partial charge in [-0.2, -0.15) is 0 Å². The minimum Gasteiger partial charge on any atom is -0.487 e. The van der Waals surface area contributed by atoms with Crippen molar-refractivity contribution in [2.45, 2.75) is 20.1 Å². The van der Waals surface area contributed by atoms with E-state index in [0.717, 1.165) is 27.8 Å². The van der Waals surface area contributed by atoms with Crippen LogP contribution in [-0.2, 0) is 13.2 Å². The molecule has 0 saturated heterocycles. The molecule has 3 N–H and O–H groups in total. The van der Waals surface area contributed by atoms with Crippen molar-refractivity contribution in [3.05, 3.63) is 69.6 Å². The quantitative estimate of drug-likeness (QED) is 0.460. The zero-order valence-corrected chi connectivity index (χ0v) is 17.8. The maximum absolute atomic E-state index is 13.8. The van der Waals surface area contributed by atoms with Gasteiger partial charge >= 0.3 is 0 Å². The lowest BCUT2D eigenvalue weighted by Crippen LogP contribution is -2.10. The standard InChI is InChI=1S/C22H23ClFN5O/c1-13-7-17(22(27-3)28-12-25)16-5-4-6-20(21(16)29-13)30-11-18-14(10-26-2)8-15(24)9-19(18)23/h4-9,12,26H,10-11H2,1-3H3,(H2,25,27,28). The lowest BCUT2D eigenvalue weighted by molar-refractivity contribution is 0.308. The highest BCUT2D eigenvalue weighted by Gasteiger charge is 2.15. The van der Waals surface area contributed by atoms with Crippen molar-refractivity contribution in [2.75, 3.05) is 14.1 Å². The molecule has 0 atom stereocenters. The Morgan fingerprint density at radius 3 is 2.83 bits per heavy atom. The van der Waals surface area contributed by atoms with E-state index in [2.05, 4.69) is 20.3 Å². The monoisotopic (exact) mass is 427 g/mol. The van der Waals surface area contributed by atoms with Crippen molar-refractivity contribution in [3.8, 4) is 5.75 Å². The number of aromatic nitrogens is 1. The molecule has 0 amide bonds. The topological polar surface area (TPSA) is 84.9 Å². The molecule has 0 spiro atoms. The average molecular weight is 428 g/mol. The fourth-order valence-electron chi connectivity index (χ4n) is 3.29. The summed E-state index contributed by atoms with van der Waals surface area (Å²) >= 11 is 6.29. The largest absolute Gasteiger partial charge is 0.487 e. The minimum absolute atomic E-state index is 0.176. The molecular weight excluding hydrogens is 405 g/mol. The molecule has 6 nitrogen and oxygen atoms in total. The Balaban J connectivity index is 2.04. The molecule has 3 rings (SSSR count). The van der Waals surface area contributed by atoms with Crippen LogP contribution in [0.2, 0.25) is 5.02 Å². The third-order valence-electron chi connectivity index (χ3n) is 4.57. The van der Waals surface area contributed by atoms with Gasteiger partial charge in [0, 0.05) is 35.8 Å². The molecule has 0 aliphatic heterocycles. The number of ether oxygens (including phenoxy) is 1. The molecular formula is C22H23ClFN5O. The molecule has 0 aliphatic rings. The predicted octanol–water partition coefficient (Wildman–Crippen LogP) is 4.00. The van der Waals surface area contributed by atoms with Crippen molar-refractivity contribution in [3.63, 3.8) is 0 Å². The fourth-order valence-corrected chi connectivity index (χ4v) is 3.57. The van der Waals surface area contributed by atoms with Crippen LogP contribution >= 0.6 is 11.6 Å². The van der Waals surface area contributed by atoms with Crippen LogP contribution in [0, 0.1) is 12.7 Å². The highest BCUT2D eigenvalue weighted by Crippen LogP contribution is 2.30. The van der Waals surface area contributed by atoms with Crippen LogP contribution in [0.5, 0.6) is 5.75 Å². The van der Waals surface area contributed by atoms with Crippen LogP contribution in [-0.4, -0.2) is 31.3 Å². The summed E-state index contributed by atoms with van der Waals surface area (Å²) in [5.74, 6) is 0.705. The van der Waals surface area contributed by atoms with E-state index in [9.17, 15) is 4.39 Å². The molecule has 1 aromatic heterocycles. The second-order valence-corrected chi connectivity index (χ2v) is 7.04. The van der Waals surface area contributed by atoms with Gasteiger partial charge in [-0.05, 0) is 43.8 Å². The molecule has 30 heavy (non-hydrogen) atoms. The number of fused-ring (bicyclic) bond motifs is 1. The summed E-state index contributed by atoms with van der Waals surface area (Å²) in [6.07, 6.45) is 1.21. The SMILES string of the molecule is CN=C(N=CN)c1cc(C)nc2c(OCc3c(Cl)cc(F)cc3CNC)cccc12. The second-order valence-electron chi connectivity index (χ2n) is 6.63. The van der Waals surface area contributed by atoms with Gasteiger partial charge in [0.25, 0.3) is 0 Å². The number of amidine groups is 1. The van der Waals surface area contributed by atoms with Gasteiger partial charge in [-0.25, -0.2) is 14.4 Å². The average Bonchev–Trinajstić information content (AvgIpc) is 2.71. The van der Waals surface area contributed by atoms with E-state index in [1.54, 1.807) is 14.1 Å². The number of benzene rings is 2. The van der Waals surface area contributed by atoms with E-state index >= 15 is 0 Å². The van der Waals surface area contributed by atoms with Gasteiger partial charge < -0.3 is 15.8 Å². The van der Waals surface area contributed by atoms with E-state index in [0.29, 0.717) is 28.7 Å². The van der Waals surface area contributed by atoms with Crippen molar-refractivity contribution in [2.24, 2.45) is 15.7 Å². The lowest BCUT2D eigenvalue weighted by atomic mass is 10.1. The zero-order chi connectivity index (χ0) is 21.7. The van der Waals surface area contributed by atoms with E-state index in [1.165, 1.54) is 18.5 Å². The zero-order valence-electron chi connectivity index (χ0n) is 17.0. The van der Waals surface area contributed by atoms with Crippen LogP contribution in [0.25, 0.3) is 10.9 Å². The van der Waals surface area contributed by atoms with Gasteiger partial charge in [0.15, 0.2) is 5.84 Å². The first-order valence-electron chi connectivity index (χ1n) is 9.34. The van der Waals surface area contributed by atoms with Crippen LogP contribution in [0.15, 0.2) is 46.4 Å². The van der Waals surface area contributed by atoms with Crippen LogP contribution in [0.3, 0.4) is 0 Å². The van der Waals surface area contributed by atoms with Gasteiger partial charge in [-0.15, -0.1) is 0 Å². The van der Waals surface area contributed by atoms with E-state index in [-0.39, 0.29) is 12.4 Å². The first-order chi connectivity index (χ1) is 14.5. The number of hydrogen-bond acceptors (Lipinski definition) is 4. The van der Waals surface area contributed by atoms with Crippen LogP contribution in [0.4, 0.5) is 4.39 Å². The Kier molecular flexibility index (Phi) is 6.97. The van der Waals surface area contributed by atoms with E-state index < -0.39 is 0 Å². The third kappa shape index (κ3) is 4.58. The normalized spacial score (nSPS) is 12.1. The lowest BCUT2D eigenvalue weighted by Gasteiger charge is -2.15. The number of pyridine rings is 1. The Bertz CT molecular complexity index is 1130. The third-order valence-corrected chi connectivity index (χ3v) is 4.91. The van der Waals surface area contributed by atoms with Crippen molar-refractivity contribution < 1.29 is 9.13 Å². The van der Waals surface area contributed by atoms with Gasteiger partial charge in [0.2, 0.25) is 0 Å². The van der Waals surface area contributed by atoms with Crippen molar-refractivity contribution in [1.82, 2.24) is 10.3 Å². The smallest absolute Gasteiger partial charge is 0.156 e. The molecule has 0 bridgehead atoms. The van der Waals surface area contributed by atoms with Crippen LogP contribution < -0.4 is 15.8 Å². The van der Waals surface area contributed by atoms with Crippen molar-refractivity contribution >= 4 is 34.7 Å². The summed E-state index contributed by atoms with van der Waals surface area (Å²) in [5, 5.41) is 4.18. The van der Waals surface area contributed by atoms with Gasteiger partial charge in [0.05, 0.1) is 11.4 Å². The Hall–Kier alpha value is -3.03. The summed E-state index contributed by atoms with van der Waals surface area (Å²) in [6.45, 7) is 2.54. The molecule has 3 aromatic rings. The number of aryl methyl sites for hydroxylation is 1. The molecule has 0 unspecified atom stereocenters. The number of rotatable bonds is 6. The maximum Gasteiger partial charge on any atom is 0.156 e. The molecule has 8 heteroatoms. The highest BCUT2D eigenvalue weighted by atomic mass is 35.5. The number of para-hydroxylation sites is 1. The number of nitrogens with two attached hydrogens (primary N) is 1. The van der Waals surface area contributed by atoms with Gasteiger partial charge in [-0.3, -0.25) is 4.99 Å². The number of aliphatic imine (C=N–C) groups is 2. The Morgan fingerprint density at radius 1 is 1.33 bits per heavy atom. The Labute approximate surface area is 179 Å². The first kappa shape index (κ1) is 21.7. The molecule has 2 aromatic carbocycles. The summed E-state index contributed by atoms with van der Waals surface area (Å²) in [7, 11) is 3.45. The minimum atomic E-state index is -0.382. The predicted molar refractivity (Wildman–Crippen MR) is 120 cm³/mol. The number of nitrogens with one attached hydrogen (secondary N) is 1. The molecule has 0 radical (unpaired) electrons. The van der Waals surface area contributed by atoms with Gasteiger partial charge in [-0.1, -0.05) is 23.7 Å². The highest BCUT2D eigenvalue weighted by molar-refractivity contribution is 6.31. The number of nitrogens with zero attached hydrogens (tertiary/aromatic N) is 3. The number of halogens is 2. The fraction of sp³-hybridized carbons (Fsp3) is 0.227. The second kappa shape index (κ2) is 9.65. The summed E-state index contributed by atoms with van der Waals surface area (Å²) in [5.41, 5.74) is 9.21. The summed E-state index contributed by atoms with van der Waals surface area (Å²) in [6, 6.07) is 10.3. The molecule has 1 heterocycles. The Morgan fingerprint density at radius 2 is 2.13 bits per heavy atom. The molecule has 156 valence electrons. The number of hydrogen-bond donors (Lipinski definition) is 2. The molecule has 0 saturated carbocycles. The first-order valence-corrected chi connectivity index (χ1v) is 9.72. The van der Waals surface area contributed by atoms with Crippen LogP contribution in [0.1, 0.15) is 22.4 Å². The van der Waals surface area contributed by atoms with Crippen molar-refractivity contribution in [1.29, 1.82) is 0 Å². The maximum atomic E-state index is 13.8. The van der Waals surface area contributed by atoms with Gasteiger partial charge in [0.1, 0.15) is 23.7 Å². The summed E-state index contributed by atoms with van der Waals surface area (Å²) < 4.78 is 19.9. The summed E-state index contributed by atoms with van der Waals surface area (Å²) in [4.78, 5) is 13.0. The molecule has 0 aliphatic carbocycles.